The van der Waals surface area contributed by atoms with E-state index >= 15 is 0 Å². The lowest BCUT2D eigenvalue weighted by Crippen LogP contribution is -2.24. The van der Waals surface area contributed by atoms with Gasteiger partial charge in [-0.1, -0.05) is 26.0 Å². The van der Waals surface area contributed by atoms with Gasteiger partial charge in [-0.05, 0) is 35.4 Å². The van der Waals surface area contributed by atoms with Gasteiger partial charge in [0.25, 0.3) is 0 Å². The van der Waals surface area contributed by atoms with Crippen molar-refractivity contribution in [3.05, 3.63) is 72.4 Å². The Hall–Kier alpha value is -2.53. The summed E-state index contributed by atoms with van der Waals surface area (Å²) in [6.07, 6.45) is 7.24. The Morgan fingerprint density at radius 2 is 1.92 bits per heavy atom. The quantitative estimate of drug-likeness (QED) is 0.616. The van der Waals surface area contributed by atoms with E-state index in [1.54, 1.807) is 24.9 Å². The van der Waals surface area contributed by atoms with Gasteiger partial charge in [0.1, 0.15) is 0 Å². The molecule has 2 heterocycles. The van der Waals surface area contributed by atoms with Crippen LogP contribution in [0.1, 0.15) is 25.0 Å². The van der Waals surface area contributed by atoms with Gasteiger partial charge in [-0.15, -0.1) is 11.8 Å². The fourth-order valence-corrected chi connectivity index (χ4v) is 3.41. The van der Waals surface area contributed by atoms with Crippen LogP contribution in [0.15, 0.2) is 70.6 Å². The normalized spacial score (nSPS) is 10.9. The summed E-state index contributed by atoms with van der Waals surface area (Å²) >= 11 is 1.82. The van der Waals surface area contributed by atoms with Crippen molar-refractivity contribution in [2.75, 3.05) is 0 Å². The first-order chi connectivity index (χ1) is 12.6. The number of furan rings is 1. The molecule has 0 saturated heterocycles. The average molecular weight is 366 g/mol. The van der Waals surface area contributed by atoms with Crippen molar-refractivity contribution in [2.45, 2.75) is 37.0 Å². The maximum absolute atomic E-state index is 12.2. The number of benzene rings is 1. The molecule has 0 aliphatic rings. The lowest BCUT2D eigenvalue weighted by molar-refractivity contribution is -0.120. The fraction of sp³-hybridized carbons (Fsp3) is 0.238. The number of thioether (sulfide) groups is 1. The van der Waals surface area contributed by atoms with E-state index in [1.807, 2.05) is 36.0 Å². The number of carbonyl (C=O) groups excluding carboxylic acids is 1. The second-order valence-corrected chi connectivity index (χ2v) is 8.01. The molecule has 1 amide bonds. The van der Waals surface area contributed by atoms with Crippen LogP contribution >= 0.6 is 11.8 Å². The van der Waals surface area contributed by atoms with Crippen molar-refractivity contribution in [3.63, 3.8) is 0 Å². The van der Waals surface area contributed by atoms with Crippen LogP contribution in [0, 0.1) is 0 Å². The standard InChI is InChI=1S/C21H22N2O2S/c1-15(2)26-20-5-3-16(4-6-20)10-21(24)23-12-17-9-19(13-22-11-17)18-7-8-25-14-18/h3-9,11,13-15H,10,12H2,1-2H3,(H,23,24). The second kappa shape index (κ2) is 8.72. The van der Waals surface area contributed by atoms with Gasteiger partial charge in [0, 0.05) is 40.2 Å². The molecule has 5 heteroatoms. The lowest BCUT2D eigenvalue weighted by Gasteiger charge is -2.08. The number of amides is 1. The van der Waals surface area contributed by atoms with E-state index in [2.05, 4.69) is 36.3 Å². The van der Waals surface area contributed by atoms with Gasteiger partial charge in [-0.2, -0.15) is 0 Å². The Morgan fingerprint density at radius 1 is 1.12 bits per heavy atom. The Labute approximate surface area is 158 Å². The minimum Gasteiger partial charge on any atom is -0.472 e. The maximum atomic E-state index is 12.2. The van der Waals surface area contributed by atoms with Crippen LogP contribution < -0.4 is 5.32 Å². The number of hydrogen-bond acceptors (Lipinski definition) is 4. The average Bonchev–Trinajstić information content (AvgIpc) is 3.16. The Kier molecular flexibility index (Phi) is 6.12. The molecule has 0 spiro atoms. The summed E-state index contributed by atoms with van der Waals surface area (Å²) in [4.78, 5) is 17.7. The molecule has 3 aromatic rings. The number of hydrogen-bond donors (Lipinski definition) is 1. The van der Waals surface area contributed by atoms with E-state index in [0.717, 1.165) is 22.3 Å². The molecule has 4 nitrogen and oxygen atoms in total. The zero-order valence-electron chi connectivity index (χ0n) is 14.9. The van der Waals surface area contributed by atoms with Crippen LogP contribution in [0.4, 0.5) is 0 Å². The van der Waals surface area contributed by atoms with Crippen molar-refractivity contribution in [1.82, 2.24) is 10.3 Å². The molecule has 0 bridgehead atoms. The molecule has 1 aromatic carbocycles. The number of pyridine rings is 1. The SMILES string of the molecule is CC(C)Sc1ccc(CC(=O)NCc2cncc(-c3ccoc3)c2)cc1. The van der Waals surface area contributed by atoms with Gasteiger partial charge in [-0.25, -0.2) is 0 Å². The molecule has 134 valence electrons. The molecule has 0 atom stereocenters. The van der Waals surface area contributed by atoms with Gasteiger partial charge in [0.15, 0.2) is 0 Å². The second-order valence-electron chi connectivity index (χ2n) is 6.36. The molecule has 2 aromatic heterocycles. The van der Waals surface area contributed by atoms with Gasteiger partial charge >= 0.3 is 0 Å². The van der Waals surface area contributed by atoms with Crippen molar-refractivity contribution in [2.24, 2.45) is 0 Å². The van der Waals surface area contributed by atoms with E-state index in [9.17, 15) is 4.79 Å². The molecule has 26 heavy (non-hydrogen) atoms. The highest BCUT2D eigenvalue weighted by atomic mass is 32.2. The molecule has 1 N–H and O–H groups in total. The molecular weight excluding hydrogens is 344 g/mol. The first kappa shape index (κ1) is 18.3. The van der Waals surface area contributed by atoms with Gasteiger partial charge < -0.3 is 9.73 Å². The van der Waals surface area contributed by atoms with Crippen LogP contribution in [-0.4, -0.2) is 16.1 Å². The highest BCUT2D eigenvalue weighted by Crippen LogP contribution is 2.23. The number of nitrogens with one attached hydrogen (secondary N) is 1. The number of nitrogens with zero attached hydrogens (tertiary/aromatic N) is 1. The largest absolute Gasteiger partial charge is 0.472 e. The predicted octanol–water partition coefficient (Wildman–Crippen LogP) is 4.70. The minimum atomic E-state index is 0.00276. The highest BCUT2D eigenvalue weighted by Gasteiger charge is 2.06. The van der Waals surface area contributed by atoms with E-state index < -0.39 is 0 Å². The third-order valence-corrected chi connectivity index (χ3v) is 4.81. The third kappa shape index (κ3) is 5.23. The summed E-state index contributed by atoms with van der Waals surface area (Å²) in [5.74, 6) is 0.00276. The molecule has 0 aliphatic heterocycles. The van der Waals surface area contributed by atoms with Crippen LogP contribution in [0.5, 0.6) is 0 Å². The van der Waals surface area contributed by atoms with Crippen molar-refractivity contribution < 1.29 is 9.21 Å². The Balaban J connectivity index is 1.53. The minimum absolute atomic E-state index is 0.00276. The summed E-state index contributed by atoms with van der Waals surface area (Å²) in [5.41, 5.74) is 3.93. The van der Waals surface area contributed by atoms with E-state index in [0.29, 0.717) is 18.2 Å². The smallest absolute Gasteiger partial charge is 0.224 e. The van der Waals surface area contributed by atoms with E-state index in [-0.39, 0.29) is 5.91 Å². The summed E-state index contributed by atoms with van der Waals surface area (Å²) in [7, 11) is 0. The zero-order chi connectivity index (χ0) is 18.4. The number of rotatable bonds is 7. The number of aromatic nitrogens is 1. The van der Waals surface area contributed by atoms with Gasteiger partial charge in [0.05, 0.1) is 18.9 Å². The lowest BCUT2D eigenvalue weighted by atomic mass is 10.1. The van der Waals surface area contributed by atoms with Crippen molar-refractivity contribution in [1.29, 1.82) is 0 Å². The zero-order valence-corrected chi connectivity index (χ0v) is 15.8. The summed E-state index contributed by atoms with van der Waals surface area (Å²) in [5, 5.41) is 3.51. The fourth-order valence-electron chi connectivity index (χ4n) is 2.58. The van der Waals surface area contributed by atoms with E-state index in [4.69, 9.17) is 4.42 Å². The van der Waals surface area contributed by atoms with Crippen LogP contribution in [0.2, 0.25) is 0 Å². The van der Waals surface area contributed by atoms with E-state index in [1.165, 1.54) is 4.90 Å². The van der Waals surface area contributed by atoms with Crippen LogP contribution in [-0.2, 0) is 17.8 Å². The molecule has 0 aliphatic carbocycles. The molecule has 0 fully saturated rings. The predicted molar refractivity (Wildman–Crippen MR) is 105 cm³/mol. The van der Waals surface area contributed by atoms with Crippen molar-refractivity contribution in [3.8, 4) is 11.1 Å². The molecule has 0 saturated carbocycles. The monoisotopic (exact) mass is 366 g/mol. The van der Waals surface area contributed by atoms with Crippen LogP contribution in [0.25, 0.3) is 11.1 Å². The molecule has 0 radical (unpaired) electrons. The topological polar surface area (TPSA) is 55.1 Å². The van der Waals surface area contributed by atoms with Gasteiger partial charge in [0.2, 0.25) is 5.91 Å². The molecular formula is C21H22N2O2S. The summed E-state index contributed by atoms with van der Waals surface area (Å²) in [6.45, 7) is 4.80. The Bertz CT molecular complexity index is 843. The first-order valence-corrected chi connectivity index (χ1v) is 9.47. The highest BCUT2D eigenvalue weighted by molar-refractivity contribution is 7.99. The number of carbonyl (C=O) groups is 1. The van der Waals surface area contributed by atoms with Gasteiger partial charge in [-0.3, -0.25) is 9.78 Å². The maximum Gasteiger partial charge on any atom is 0.224 e. The first-order valence-electron chi connectivity index (χ1n) is 8.59. The summed E-state index contributed by atoms with van der Waals surface area (Å²) < 4.78 is 5.10. The third-order valence-electron chi connectivity index (χ3n) is 3.80. The Morgan fingerprint density at radius 3 is 2.62 bits per heavy atom. The molecule has 0 unspecified atom stereocenters. The molecule has 3 rings (SSSR count). The summed E-state index contributed by atoms with van der Waals surface area (Å²) in [6, 6.07) is 12.1. The van der Waals surface area contributed by atoms with Crippen LogP contribution in [0.3, 0.4) is 0 Å². The van der Waals surface area contributed by atoms with Crippen molar-refractivity contribution >= 4 is 17.7 Å².